The van der Waals surface area contributed by atoms with Gasteiger partial charge in [-0.25, -0.2) is 0 Å². The summed E-state index contributed by atoms with van der Waals surface area (Å²) in [5.74, 6) is 0.0843. The van der Waals surface area contributed by atoms with E-state index < -0.39 is 0 Å². The highest BCUT2D eigenvalue weighted by atomic mass is 16.1. The zero-order valence-corrected chi connectivity index (χ0v) is 4.35. The molecule has 1 rings (SSSR count). The second-order valence-corrected chi connectivity index (χ2v) is 1.66. The lowest BCUT2D eigenvalue weighted by Crippen LogP contribution is -1.95. The number of nitrogens with one attached hydrogen (secondary N) is 1. The third-order valence-electron chi connectivity index (χ3n) is 0.972. The largest absolute Gasteiger partial charge is 0.301 e. The van der Waals surface area contributed by atoms with Gasteiger partial charge < -0.3 is 5.73 Å². The van der Waals surface area contributed by atoms with Crippen molar-refractivity contribution >= 4 is 5.78 Å². The van der Waals surface area contributed by atoms with Crippen LogP contribution >= 0.6 is 0 Å². The third kappa shape index (κ3) is 0.964. The van der Waals surface area contributed by atoms with Gasteiger partial charge >= 0.3 is 0 Å². The van der Waals surface area contributed by atoms with Crippen molar-refractivity contribution in [2.75, 3.05) is 0 Å². The minimum atomic E-state index is 0.0843. The van der Waals surface area contributed by atoms with E-state index >= 15 is 0 Å². The highest BCUT2D eigenvalue weighted by Crippen LogP contribution is 2.01. The van der Waals surface area contributed by atoms with Crippen LogP contribution in [-0.2, 0) is 4.79 Å². The highest BCUT2D eigenvalue weighted by Gasteiger charge is 1.98. The summed E-state index contributed by atoms with van der Waals surface area (Å²) in [5, 5.41) is 0. The van der Waals surface area contributed by atoms with Gasteiger partial charge in [0.05, 0.1) is 5.70 Å². The van der Waals surface area contributed by atoms with Gasteiger partial charge in [-0.2, -0.15) is 0 Å². The summed E-state index contributed by atoms with van der Waals surface area (Å²) in [7, 11) is 0. The van der Waals surface area contributed by atoms with Crippen molar-refractivity contribution in [1.29, 1.82) is 0 Å². The number of allylic oxidation sites excluding steroid dienone is 3. The minimum Gasteiger partial charge on any atom is -0.301 e. The van der Waals surface area contributed by atoms with Gasteiger partial charge in [0.25, 0.3) is 0 Å². The first-order chi connectivity index (χ1) is 3.79. The Hall–Kier alpha value is -1.05. The third-order valence-corrected chi connectivity index (χ3v) is 0.972. The van der Waals surface area contributed by atoms with Crippen molar-refractivity contribution in [3.8, 4) is 0 Å². The zero-order valence-electron chi connectivity index (χ0n) is 4.35. The van der Waals surface area contributed by atoms with Crippen molar-refractivity contribution in [2.24, 2.45) is 0 Å². The van der Waals surface area contributed by atoms with Gasteiger partial charge in [-0.1, -0.05) is 6.08 Å². The summed E-state index contributed by atoms with van der Waals surface area (Å²) >= 11 is 0. The maximum Gasteiger partial charge on any atom is 0.159 e. The maximum atomic E-state index is 10.4. The Labute approximate surface area is 47.7 Å². The van der Waals surface area contributed by atoms with Gasteiger partial charge in [-0.05, 0) is 12.2 Å². The number of ketones is 1. The van der Waals surface area contributed by atoms with Crippen molar-refractivity contribution in [1.82, 2.24) is 5.73 Å². The summed E-state index contributed by atoms with van der Waals surface area (Å²) < 4.78 is 0. The first-order valence-electron chi connectivity index (χ1n) is 2.42. The molecule has 0 unspecified atom stereocenters. The van der Waals surface area contributed by atoms with Crippen molar-refractivity contribution in [3.63, 3.8) is 0 Å². The first kappa shape index (κ1) is 5.09. The SMILES string of the molecule is [NH]C1=CCC(=O)C=C1. The van der Waals surface area contributed by atoms with Crippen LogP contribution in [0.25, 0.3) is 0 Å². The lowest BCUT2D eigenvalue weighted by Gasteiger charge is -1.95. The van der Waals surface area contributed by atoms with Crippen LogP contribution in [0.3, 0.4) is 0 Å². The van der Waals surface area contributed by atoms with Gasteiger partial charge in [0.15, 0.2) is 5.78 Å². The summed E-state index contributed by atoms with van der Waals surface area (Å²) in [6.45, 7) is 0. The number of carbonyl (C=O) groups excluding carboxylic acids is 1. The molecule has 0 aromatic rings. The fourth-order valence-corrected chi connectivity index (χ4v) is 0.529. The molecule has 1 aliphatic carbocycles. The normalized spacial score (nSPS) is 18.5. The molecule has 1 N–H and O–H groups in total. The molecule has 2 heteroatoms. The van der Waals surface area contributed by atoms with Crippen molar-refractivity contribution < 1.29 is 4.79 Å². The van der Waals surface area contributed by atoms with E-state index in [1.165, 1.54) is 12.2 Å². The molecule has 0 fully saturated rings. The Morgan fingerprint density at radius 3 is 2.62 bits per heavy atom. The smallest absolute Gasteiger partial charge is 0.159 e. The van der Waals surface area contributed by atoms with E-state index in [9.17, 15) is 4.79 Å². The molecule has 0 aliphatic heterocycles. The average molecular weight is 108 g/mol. The molecule has 0 bridgehead atoms. The van der Waals surface area contributed by atoms with Gasteiger partial charge in [0.2, 0.25) is 0 Å². The van der Waals surface area contributed by atoms with Crippen molar-refractivity contribution in [3.05, 3.63) is 23.9 Å². The number of hydrogen-bond acceptors (Lipinski definition) is 1. The zero-order chi connectivity index (χ0) is 5.98. The topological polar surface area (TPSA) is 40.9 Å². The molecular weight excluding hydrogens is 102 g/mol. The van der Waals surface area contributed by atoms with Crippen molar-refractivity contribution in [2.45, 2.75) is 6.42 Å². The minimum absolute atomic E-state index is 0.0843. The first-order valence-corrected chi connectivity index (χ1v) is 2.42. The van der Waals surface area contributed by atoms with E-state index in [1.54, 1.807) is 6.08 Å². The molecule has 0 aromatic heterocycles. The van der Waals surface area contributed by atoms with Gasteiger partial charge in [0, 0.05) is 6.42 Å². The van der Waals surface area contributed by atoms with Crippen LogP contribution in [0.4, 0.5) is 0 Å². The second kappa shape index (κ2) is 1.82. The monoisotopic (exact) mass is 108 g/mol. The summed E-state index contributed by atoms with van der Waals surface area (Å²) in [5.41, 5.74) is 7.42. The lowest BCUT2D eigenvalue weighted by atomic mass is 10.1. The van der Waals surface area contributed by atoms with Crippen LogP contribution in [0.5, 0.6) is 0 Å². The van der Waals surface area contributed by atoms with E-state index in [1.807, 2.05) is 0 Å². The number of carbonyl (C=O) groups is 1. The van der Waals surface area contributed by atoms with Crippen LogP contribution in [0, 0.1) is 0 Å². The molecule has 0 atom stereocenters. The standard InChI is InChI=1S/C6H6NO/c7-5-1-3-6(8)4-2-5/h1-3,7H,4H2. The summed E-state index contributed by atoms with van der Waals surface area (Å²) in [6, 6.07) is 0. The predicted molar refractivity (Wildman–Crippen MR) is 29.9 cm³/mol. The van der Waals surface area contributed by atoms with Crippen LogP contribution in [0.15, 0.2) is 23.9 Å². The average Bonchev–Trinajstić information content (AvgIpc) is 1.77. The summed E-state index contributed by atoms with van der Waals surface area (Å²) in [6.07, 6.45) is 4.94. The van der Waals surface area contributed by atoms with E-state index in [0.717, 1.165) is 0 Å². The fraction of sp³-hybridized carbons (Fsp3) is 0.167. The molecule has 1 radical (unpaired) electrons. The number of rotatable bonds is 0. The number of hydrogen-bond donors (Lipinski definition) is 0. The Bertz CT molecular complexity index is 165. The molecule has 0 heterocycles. The lowest BCUT2D eigenvalue weighted by molar-refractivity contribution is -0.113. The molecule has 0 aromatic carbocycles. The van der Waals surface area contributed by atoms with Gasteiger partial charge in [-0.3, -0.25) is 4.79 Å². The van der Waals surface area contributed by atoms with E-state index in [-0.39, 0.29) is 5.78 Å². The van der Waals surface area contributed by atoms with Gasteiger partial charge in [0.1, 0.15) is 0 Å². The van der Waals surface area contributed by atoms with E-state index in [4.69, 9.17) is 5.73 Å². The Morgan fingerprint density at radius 1 is 1.50 bits per heavy atom. The van der Waals surface area contributed by atoms with E-state index in [2.05, 4.69) is 0 Å². The molecular formula is C6H6NO. The molecule has 0 saturated heterocycles. The van der Waals surface area contributed by atoms with E-state index in [0.29, 0.717) is 12.1 Å². The molecule has 2 nitrogen and oxygen atoms in total. The molecule has 0 spiro atoms. The quantitative estimate of drug-likeness (QED) is 0.450. The second-order valence-electron chi connectivity index (χ2n) is 1.66. The molecule has 0 saturated carbocycles. The maximum absolute atomic E-state index is 10.4. The molecule has 41 valence electrons. The van der Waals surface area contributed by atoms with Crippen LogP contribution in [0.1, 0.15) is 6.42 Å². The Kier molecular flexibility index (Phi) is 1.16. The fourth-order valence-electron chi connectivity index (χ4n) is 0.529. The van der Waals surface area contributed by atoms with Crippen LogP contribution < -0.4 is 5.73 Å². The predicted octanol–water partition coefficient (Wildman–Crippen LogP) is 0.682. The molecule has 8 heavy (non-hydrogen) atoms. The summed E-state index contributed by atoms with van der Waals surface area (Å²) in [4.78, 5) is 10.4. The highest BCUT2D eigenvalue weighted by molar-refractivity contribution is 5.92. The van der Waals surface area contributed by atoms with Crippen LogP contribution in [-0.4, -0.2) is 5.78 Å². The molecule has 0 amide bonds. The van der Waals surface area contributed by atoms with Crippen LogP contribution in [0.2, 0.25) is 0 Å². The Balaban J connectivity index is 2.71. The molecule has 1 aliphatic rings. The Morgan fingerprint density at radius 2 is 2.25 bits per heavy atom. The van der Waals surface area contributed by atoms with Gasteiger partial charge in [-0.15, -0.1) is 0 Å².